The third-order valence-corrected chi connectivity index (χ3v) is 4.95. The van der Waals surface area contributed by atoms with Gasteiger partial charge in [-0.05, 0) is 49.4 Å². The number of rotatable bonds is 2. The molecule has 0 spiro atoms. The smallest absolute Gasteiger partial charge is 0.269 e. The SMILES string of the molecule is C[C@@H]1Oc2ccccc2O[C@H]1C(=O)Nc1ccc2c(c1)C(=O)Nc1ccccc1O2. The fourth-order valence-corrected chi connectivity index (χ4v) is 3.46. The lowest BCUT2D eigenvalue weighted by Gasteiger charge is -2.31. The van der Waals surface area contributed by atoms with Crippen LogP contribution in [-0.4, -0.2) is 24.0 Å². The topological polar surface area (TPSA) is 85.9 Å². The highest BCUT2D eigenvalue weighted by Gasteiger charge is 2.34. The number of fused-ring (bicyclic) bond motifs is 3. The fourth-order valence-electron chi connectivity index (χ4n) is 3.46. The van der Waals surface area contributed by atoms with E-state index in [4.69, 9.17) is 14.2 Å². The van der Waals surface area contributed by atoms with Crippen molar-refractivity contribution in [3.05, 3.63) is 72.3 Å². The minimum Gasteiger partial charge on any atom is -0.482 e. The largest absolute Gasteiger partial charge is 0.482 e. The molecule has 0 aliphatic carbocycles. The van der Waals surface area contributed by atoms with Gasteiger partial charge in [0.2, 0.25) is 6.10 Å². The van der Waals surface area contributed by atoms with Crippen molar-refractivity contribution in [1.29, 1.82) is 0 Å². The lowest BCUT2D eigenvalue weighted by Crippen LogP contribution is -2.46. The van der Waals surface area contributed by atoms with Crippen LogP contribution in [0.3, 0.4) is 0 Å². The van der Waals surface area contributed by atoms with E-state index in [9.17, 15) is 9.59 Å². The van der Waals surface area contributed by atoms with Crippen molar-refractivity contribution in [3.63, 3.8) is 0 Å². The van der Waals surface area contributed by atoms with Gasteiger partial charge in [0.15, 0.2) is 17.2 Å². The summed E-state index contributed by atoms with van der Waals surface area (Å²) in [4.78, 5) is 25.5. The van der Waals surface area contributed by atoms with Gasteiger partial charge in [0.1, 0.15) is 11.9 Å². The third kappa shape index (κ3) is 3.20. The summed E-state index contributed by atoms with van der Waals surface area (Å²) in [6.45, 7) is 1.77. The van der Waals surface area contributed by atoms with Crippen molar-refractivity contribution in [2.24, 2.45) is 0 Å². The molecule has 2 amide bonds. The first kappa shape index (κ1) is 18.1. The van der Waals surface area contributed by atoms with Crippen molar-refractivity contribution in [3.8, 4) is 23.0 Å². The van der Waals surface area contributed by atoms with Gasteiger partial charge in [-0.2, -0.15) is 0 Å². The van der Waals surface area contributed by atoms with Crippen LogP contribution in [0.25, 0.3) is 0 Å². The molecular formula is C23H18N2O5. The Morgan fingerprint density at radius 1 is 0.900 bits per heavy atom. The Morgan fingerprint density at radius 3 is 2.40 bits per heavy atom. The van der Waals surface area contributed by atoms with Gasteiger partial charge in [0.25, 0.3) is 11.8 Å². The van der Waals surface area contributed by atoms with E-state index in [-0.39, 0.29) is 11.8 Å². The van der Waals surface area contributed by atoms with E-state index in [2.05, 4.69) is 10.6 Å². The molecule has 0 radical (unpaired) electrons. The highest BCUT2D eigenvalue weighted by atomic mass is 16.6. The normalized spacial score (nSPS) is 18.8. The van der Waals surface area contributed by atoms with Gasteiger partial charge >= 0.3 is 0 Å². The third-order valence-electron chi connectivity index (χ3n) is 4.95. The molecule has 0 aromatic heterocycles. The second kappa shape index (κ2) is 7.11. The summed E-state index contributed by atoms with van der Waals surface area (Å²) in [7, 11) is 0. The number of anilines is 2. The van der Waals surface area contributed by atoms with Crippen LogP contribution in [0.1, 0.15) is 17.3 Å². The van der Waals surface area contributed by atoms with Crippen molar-refractivity contribution in [2.45, 2.75) is 19.1 Å². The molecule has 7 nitrogen and oxygen atoms in total. The summed E-state index contributed by atoms with van der Waals surface area (Å²) in [6.07, 6.45) is -1.30. The lowest BCUT2D eigenvalue weighted by molar-refractivity contribution is -0.128. The molecule has 2 N–H and O–H groups in total. The Bertz CT molecular complexity index is 1160. The molecular weight excluding hydrogens is 384 g/mol. The van der Waals surface area contributed by atoms with Crippen LogP contribution in [0.4, 0.5) is 11.4 Å². The molecule has 2 aliphatic rings. The average molecular weight is 402 g/mol. The monoisotopic (exact) mass is 402 g/mol. The number of amides is 2. The first-order chi connectivity index (χ1) is 14.6. The second-order valence-electron chi connectivity index (χ2n) is 7.06. The molecule has 0 fully saturated rings. The predicted molar refractivity (Wildman–Crippen MR) is 110 cm³/mol. The summed E-state index contributed by atoms with van der Waals surface area (Å²) in [5.41, 5.74) is 1.37. The molecule has 150 valence electrons. The van der Waals surface area contributed by atoms with Gasteiger partial charge in [-0.1, -0.05) is 24.3 Å². The molecule has 2 atom stereocenters. The standard InChI is InChI=1S/C23H18N2O5/c1-13-21(30-20-9-5-4-8-19(20)28-13)23(27)24-14-10-11-17-15(12-14)22(26)25-16-6-2-3-7-18(16)29-17/h2-13,21H,1H3,(H,24,27)(H,25,26)/t13-,21+/m0/s1. The van der Waals surface area contributed by atoms with E-state index in [1.807, 2.05) is 24.3 Å². The van der Waals surface area contributed by atoms with Crippen molar-refractivity contribution < 1.29 is 23.8 Å². The first-order valence-corrected chi connectivity index (χ1v) is 9.54. The van der Waals surface area contributed by atoms with E-state index < -0.39 is 12.2 Å². The molecule has 0 saturated carbocycles. The van der Waals surface area contributed by atoms with E-state index in [1.54, 1.807) is 49.4 Å². The number of benzene rings is 3. The molecule has 5 rings (SSSR count). The van der Waals surface area contributed by atoms with Crippen LogP contribution in [-0.2, 0) is 4.79 Å². The van der Waals surface area contributed by atoms with Gasteiger partial charge in [-0.15, -0.1) is 0 Å². The van der Waals surface area contributed by atoms with Gasteiger partial charge in [-0.3, -0.25) is 9.59 Å². The highest BCUT2D eigenvalue weighted by Crippen LogP contribution is 2.37. The van der Waals surface area contributed by atoms with Crippen LogP contribution in [0, 0.1) is 0 Å². The van der Waals surface area contributed by atoms with Gasteiger partial charge in [-0.25, -0.2) is 0 Å². The van der Waals surface area contributed by atoms with E-state index in [1.165, 1.54) is 0 Å². The number of carbonyl (C=O) groups is 2. The molecule has 30 heavy (non-hydrogen) atoms. The first-order valence-electron chi connectivity index (χ1n) is 9.54. The predicted octanol–water partition coefficient (Wildman–Crippen LogP) is 4.21. The minimum absolute atomic E-state index is 0.314. The number of ether oxygens (including phenoxy) is 3. The summed E-state index contributed by atoms with van der Waals surface area (Å²) < 4.78 is 17.5. The fraction of sp³-hybridized carbons (Fsp3) is 0.130. The zero-order chi connectivity index (χ0) is 20.7. The van der Waals surface area contributed by atoms with Crippen molar-refractivity contribution in [1.82, 2.24) is 0 Å². The zero-order valence-corrected chi connectivity index (χ0v) is 16.0. The number of para-hydroxylation sites is 4. The van der Waals surface area contributed by atoms with Crippen LogP contribution in [0.2, 0.25) is 0 Å². The highest BCUT2D eigenvalue weighted by molar-refractivity contribution is 6.09. The summed E-state index contributed by atoms with van der Waals surface area (Å²) in [5.74, 6) is 1.41. The van der Waals surface area contributed by atoms with Gasteiger partial charge < -0.3 is 24.8 Å². The van der Waals surface area contributed by atoms with E-state index >= 15 is 0 Å². The maximum absolute atomic E-state index is 12.8. The molecule has 3 aromatic rings. The molecule has 2 aliphatic heterocycles. The Hall–Kier alpha value is -4.00. The number of carbonyl (C=O) groups excluding carboxylic acids is 2. The maximum atomic E-state index is 12.8. The van der Waals surface area contributed by atoms with Crippen LogP contribution in [0.5, 0.6) is 23.0 Å². The number of hydrogen-bond donors (Lipinski definition) is 2. The van der Waals surface area contributed by atoms with Crippen molar-refractivity contribution >= 4 is 23.2 Å². The lowest BCUT2D eigenvalue weighted by atomic mass is 10.1. The minimum atomic E-state index is -0.826. The summed E-state index contributed by atoms with van der Waals surface area (Å²) >= 11 is 0. The zero-order valence-electron chi connectivity index (χ0n) is 16.0. The number of hydrogen-bond acceptors (Lipinski definition) is 5. The molecule has 7 heteroatoms. The average Bonchev–Trinajstić information content (AvgIpc) is 2.89. The van der Waals surface area contributed by atoms with Crippen LogP contribution < -0.4 is 24.8 Å². The Kier molecular flexibility index (Phi) is 4.28. The molecule has 3 aromatic carbocycles. The molecule has 0 saturated heterocycles. The van der Waals surface area contributed by atoms with E-state index in [0.717, 1.165) is 0 Å². The molecule has 2 heterocycles. The van der Waals surface area contributed by atoms with Crippen LogP contribution in [0.15, 0.2) is 66.7 Å². The summed E-state index contributed by atoms with van der Waals surface area (Å²) in [5, 5.41) is 5.62. The maximum Gasteiger partial charge on any atom is 0.269 e. The summed E-state index contributed by atoms with van der Waals surface area (Å²) in [6, 6.07) is 19.3. The molecule has 0 bridgehead atoms. The second-order valence-corrected chi connectivity index (χ2v) is 7.06. The Morgan fingerprint density at radius 2 is 1.60 bits per heavy atom. The van der Waals surface area contributed by atoms with Crippen molar-refractivity contribution in [2.75, 3.05) is 10.6 Å². The molecule has 0 unspecified atom stereocenters. The Labute approximate surface area is 172 Å². The van der Waals surface area contributed by atoms with Gasteiger partial charge in [0.05, 0.1) is 11.3 Å². The Balaban J connectivity index is 1.37. The van der Waals surface area contributed by atoms with E-state index in [0.29, 0.717) is 39.9 Å². The quantitative estimate of drug-likeness (QED) is 0.671. The van der Waals surface area contributed by atoms with Crippen LogP contribution >= 0.6 is 0 Å². The number of nitrogens with one attached hydrogen (secondary N) is 2. The van der Waals surface area contributed by atoms with Gasteiger partial charge in [0, 0.05) is 5.69 Å².